The maximum Gasteiger partial charge on any atom is 0.262 e. The summed E-state index contributed by atoms with van der Waals surface area (Å²) in [6, 6.07) is 6.00. The number of nitrogens with one attached hydrogen (secondary N) is 1. The van der Waals surface area contributed by atoms with E-state index in [0.29, 0.717) is 18.1 Å². The number of hydrogen-bond donors (Lipinski definition) is 1. The van der Waals surface area contributed by atoms with E-state index in [-0.39, 0.29) is 5.91 Å². The van der Waals surface area contributed by atoms with Crippen molar-refractivity contribution in [3.8, 4) is 5.88 Å². The van der Waals surface area contributed by atoms with Crippen LogP contribution in [0.5, 0.6) is 5.88 Å². The molecule has 2 rings (SSSR count). The lowest BCUT2D eigenvalue weighted by molar-refractivity contribution is 0.102. The first-order valence-corrected chi connectivity index (χ1v) is 8.14. The van der Waals surface area contributed by atoms with Crippen LogP contribution >= 0.6 is 0 Å². The molecule has 0 fully saturated rings. The van der Waals surface area contributed by atoms with Crippen molar-refractivity contribution in [1.82, 2.24) is 9.78 Å². The largest absolute Gasteiger partial charge is 0.476 e. The molecule has 1 aromatic heterocycles. The van der Waals surface area contributed by atoms with Gasteiger partial charge in [0.15, 0.2) is 0 Å². The van der Waals surface area contributed by atoms with Gasteiger partial charge in [-0.2, -0.15) is 0 Å². The van der Waals surface area contributed by atoms with E-state index in [1.165, 1.54) is 0 Å². The third kappa shape index (κ3) is 4.34. The Hall–Kier alpha value is -2.30. The van der Waals surface area contributed by atoms with Crippen molar-refractivity contribution in [2.24, 2.45) is 0 Å². The molecule has 1 N–H and O–H groups in total. The second-order valence-electron chi connectivity index (χ2n) is 5.73. The standard InChI is InChI=1S/C18H25N3O2/c1-5-9-21-12-15(18(20-21)23-10-6-2)17(22)19-16-11-13(3)7-8-14(16)4/h7-8,11-12H,5-6,9-10H2,1-4H3,(H,19,22). The Bertz CT molecular complexity index is 677. The number of amides is 1. The first-order chi connectivity index (χ1) is 11.0. The zero-order valence-electron chi connectivity index (χ0n) is 14.3. The second-order valence-corrected chi connectivity index (χ2v) is 5.73. The SMILES string of the molecule is CCCOc1nn(CCC)cc1C(=O)Nc1cc(C)ccc1C. The van der Waals surface area contributed by atoms with Gasteiger partial charge in [-0.1, -0.05) is 26.0 Å². The van der Waals surface area contributed by atoms with E-state index in [9.17, 15) is 4.79 Å². The van der Waals surface area contributed by atoms with Gasteiger partial charge in [-0.15, -0.1) is 5.10 Å². The van der Waals surface area contributed by atoms with Crippen LogP contribution in [-0.2, 0) is 6.54 Å². The molecule has 2 aromatic rings. The number of ether oxygens (including phenoxy) is 1. The highest BCUT2D eigenvalue weighted by Gasteiger charge is 2.18. The summed E-state index contributed by atoms with van der Waals surface area (Å²) in [6.07, 6.45) is 3.58. The number of carbonyl (C=O) groups excluding carboxylic acids is 1. The predicted octanol–water partition coefficient (Wildman–Crippen LogP) is 3.95. The van der Waals surface area contributed by atoms with E-state index in [2.05, 4.69) is 17.3 Å². The van der Waals surface area contributed by atoms with E-state index in [1.807, 2.05) is 39.0 Å². The minimum atomic E-state index is -0.188. The van der Waals surface area contributed by atoms with Crippen LogP contribution in [0.25, 0.3) is 0 Å². The fourth-order valence-electron chi connectivity index (χ4n) is 2.27. The number of rotatable bonds is 7. The third-order valence-electron chi connectivity index (χ3n) is 3.51. The molecule has 0 saturated carbocycles. The number of nitrogens with zero attached hydrogens (tertiary/aromatic N) is 2. The van der Waals surface area contributed by atoms with Gasteiger partial charge in [-0.05, 0) is 43.9 Å². The topological polar surface area (TPSA) is 56.2 Å². The molecule has 0 aliphatic rings. The summed E-state index contributed by atoms with van der Waals surface area (Å²) < 4.78 is 7.40. The normalized spacial score (nSPS) is 10.6. The summed E-state index contributed by atoms with van der Waals surface area (Å²) >= 11 is 0. The lowest BCUT2D eigenvalue weighted by atomic mass is 10.1. The van der Waals surface area contributed by atoms with Crippen molar-refractivity contribution in [1.29, 1.82) is 0 Å². The van der Waals surface area contributed by atoms with E-state index in [4.69, 9.17) is 4.74 Å². The first kappa shape index (κ1) is 17.1. The Morgan fingerprint density at radius 3 is 2.74 bits per heavy atom. The molecule has 0 aliphatic carbocycles. The number of aromatic nitrogens is 2. The van der Waals surface area contributed by atoms with Crippen LogP contribution in [0.4, 0.5) is 5.69 Å². The Balaban J connectivity index is 2.24. The summed E-state index contributed by atoms with van der Waals surface area (Å²) in [6.45, 7) is 9.39. The van der Waals surface area contributed by atoms with Gasteiger partial charge in [0.1, 0.15) is 5.56 Å². The van der Waals surface area contributed by atoms with Crippen molar-refractivity contribution in [3.05, 3.63) is 41.1 Å². The van der Waals surface area contributed by atoms with Gasteiger partial charge in [0.05, 0.1) is 6.61 Å². The summed E-state index contributed by atoms with van der Waals surface area (Å²) in [5.41, 5.74) is 3.43. The first-order valence-electron chi connectivity index (χ1n) is 8.14. The van der Waals surface area contributed by atoms with E-state index in [1.54, 1.807) is 10.9 Å². The monoisotopic (exact) mass is 315 g/mol. The maximum atomic E-state index is 12.6. The maximum absolute atomic E-state index is 12.6. The highest BCUT2D eigenvalue weighted by molar-refractivity contribution is 6.06. The number of aryl methyl sites for hydroxylation is 3. The van der Waals surface area contributed by atoms with Crippen molar-refractivity contribution >= 4 is 11.6 Å². The molecule has 5 nitrogen and oxygen atoms in total. The van der Waals surface area contributed by atoms with Crippen LogP contribution in [-0.4, -0.2) is 22.3 Å². The van der Waals surface area contributed by atoms with Crippen LogP contribution in [0.1, 0.15) is 48.2 Å². The average molecular weight is 315 g/mol. The van der Waals surface area contributed by atoms with Gasteiger partial charge < -0.3 is 10.1 Å². The summed E-state index contributed by atoms with van der Waals surface area (Å²) in [5, 5.41) is 7.34. The van der Waals surface area contributed by atoms with Crippen LogP contribution in [0.15, 0.2) is 24.4 Å². The molecule has 23 heavy (non-hydrogen) atoms. The summed E-state index contributed by atoms with van der Waals surface area (Å²) in [5.74, 6) is 0.218. The third-order valence-corrected chi connectivity index (χ3v) is 3.51. The minimum Gasteiger partial charge on any atom is -0.476 e. The minimum absolute atomic E-state index is 0.188. The average Bonchev–Trinajstić information content (AvgIpc) is 2.92. The van der Waals surface area contributed by atoms with Gasteiger partial charge in [-0.3, -0.25) is 9.48 Å². The Labute approximate surface area is 137 Å². The molecule has 5 heteroatoms. The number of anilines is 1. The van der Waals surface area contributed by atoms with Gasteiger partial charge in [0.2, 0.25) is 5.88 Å². The fourth-order valence-corrected chi connectivity index (χ4v) is 2.27. The smallest absolute Gasteiger partial charge is 0.262 e. The lowest BCUT2D eigenvalue weighted by Crippen LogP contribution is -2.14. The van der Waals surface area contributed by atoms with Gasteiger partial charge in [-0.25, -0.2) is 0 Å². The molecule has 0 aliphatic heterocycles. The fraction of sp³-hybridized carbons (Fsp3) is 0.444. The highest BCUT2D eigenvalue weighted by Crippen LogP contribution is 2.21. The molecule has 1 amide bonds. The van der Waals surface area contributed by atoms with Crippen LogP contribution in [0.2, 0.25) is 0 Å². The van der Waals surface area contributed by atoms with Crippen molar-refractivity contribution in [2.45, 2.75) is 47.1 Å². The zero-order chi connectivity index (χ0) is 16.8. The summed E-state index contributed by atoms with van der Waals surface area (Å²) in [7, 11) is 0. The van der Waals surface area contributed by atoms with Gasteiger partial charge in [0, 0.05) is 18.4 Å². The second kappa shape index (κ2) is 7.81. The lowest BCUT2D eigenvalue weighted by Gasteiger charge is -2.09. The Kier molecular flexibility index (Phi) is 5.79. The van der Waals surface area contributed by atoms with Crippen LogP contribution in [0.3, 0.4) is 0 Å². The van der Waals surface area contributed by atoms with Gasteiger partial charge >= 0.3 is 0 Å². The van der Waals surface area contributed by atoms with E-state index >= 15 is 0 Å². The highest BCUT2D eigenvalue weighted by atomic mass is 16.5. The molecule has 1 aromatic carbocycles. The molecule has 0 spiro atoms. The van der Waals surface area contributed by atoms with Crippen LogP contribution in [0, 0.1) is 13.8 Å². The Morgan fingerprint density at radius 2 is 2.04 bits per heavy atom. The molecule has 1 heterocycles. The van der Waals surface area contributed by atoms with Crippen molar-refractivity contribution in [2.75, 3.05) is 11.9 Å². The molecular weight excluding hydrogens is 290 g/mol. The number of carbonyl (C=O) groups is 1. The molecule has 0 radical (unpaired) electrons. The molecule has 0 atom stereocenters. The van der Waals surface area contributed by atoms with E-state index in [0.717, 1.165) is 36.2 Å². The molecule has 124 valence electrons. The molecular formula is C18H25N3O2. The predicted molar refractivity (Wildman–Crippen MR) is 92.2 cm³/mol. The summed E-state index contributed by atoms with van der Waals surface area (Å²) in [4.78, 5) is 12.6. The van der Waals surface area contributed by atoms with Crippen molar-refractivity contribution in [3.63, 3.8) is 0 Å². The molecule has 0 bridgehead atoms. The Morgan fingerprint density at radius 1 is 1.26 bits per heavy atom. The van der Waals surface area contributed by atoms with E-state index < -0.39 is 0 Å². The van der Waals surface area contributed by atoms with Crippen molar-refractivity contribution < 1.29 is 9.53 Å². The number of benzene rings is 1. The molecule has 0 unspecified atom stereocenters. The quantitative estimate of drug-likeness (QED) is 0.841. The van der Waals surface area contributed by atoms with Gasteiger partial charge in [0.25, 0.3) is 5.91 Å². The zero-order valence-corrected chi connectivity index (χ0v) is 14.3. The molecule has 0 saturated heterocycles. The number of hydrogen-bond acceptors (Lipinski definition) is 3. The van der Waals surface area contributed by atoms with Crippen LogP contribution < -0.4 is 10.1 Å².